The van der Waals surface area contributed by atoms with Crippen molar-refractivity contribution in [2.75, 3.05) is 6.61 Å². The highest BCUT2D eigenvalue weighted by Gasteiger charge is 2.20. The molecule has 0 radical (unpaired) electrons. The Morgan fingerprint density at radius 1 is 1.20 bits per heavy atom. The molecule has 25 heavy (non-hydrogen) atoms. The molecule has 5 heteroatoms. The summed E-state index contributed by atoms with van der Waals surface area (Å²) in [5.74, 6) is 0.659. The number of sulfone groups is 1. The monoisotopic (exact) mass is 355 g/mol. The minimum Gasteiger partial charge on any atom is -0.494 e. The maximum atomic E-state index is 12.7. The van der Waals surface area contributed by atoms with Gasteiger partial charge >= 0.3 is 0 Å². The van der Waals surface area contributed by atoms with E-state index < -0.39 is 9.84 Å². The molecule has 0 saturated heterocycles. The van der Waals surface area contributed by atoms with Crippen LogP contribution in [0.25, 0.3) is 6.08 Å². The summed E-state index contributed by atoms with van der Waals surface area (Å²) >= 11 is 0. The molecule has 0 atom stereocenters. The first-order chi connectivity index (χ1) is 12.0. The van der Waals surface area contributed by atoms with Crippen LogP contribution in [0.1, 0.15) is 30.9 Å². The average Bonchev–Trinajstić information content (AvgIpc) is 2.60. The van der Waals surface area contributed by atoms with Gasteiger partial charge in [-0.3, -0.25) is 0 Å². The lowest BCUT2D eigenvalue weighted by Crippen LogP contribution is -2.03. The fourth-order valence-corrected chi connectivity index (χ4v) is 3.35. The van der Waals surface area contributed by atoms with Crippen LogP contribution in [0.2, 0.25) is 0 Å². The molecule has 2 aromatic carbocycles. The van der Waals surface area contributed by atoms with E-state index in [0.717, 1.165) is 18.4 Å². The Morgan fingerprint density at radius 3 is 2.56 bits per heavy atom. The lowest BCUT2D eigenvalue weighted by Gasteiger charge is -2.07. The van der Waals surface area contributed by atoms with Gasteiger partial charge in [-0.05, 0) is 49.2 Å². The van der Waals surface area contributed by atoms with Crippen molar-refractivity contribution in [3.63, 3.8) is 0 Å². The molecule has 0 aliphatic carbocycles. The standard InChI is InChI=1S/C20H21NO3S/c1-3-4-12-24-18-7-5-6-17(13-18)14-20(15-21)25(22,23)19-10-8-16(2)9-11-19/h5-11,13-14H,3-4,12H2,1-2H3. The molecule has 0 aliphatic rings. The summed E-state index contributed by atoms with van der Waals surface area (Å²) in [5.41, 5.74) is 1.57. The maximum absolute atomic E-state index is 12.7. The first-order valence-corrected chi connectivity index (χ1v) is 9.62. The number of aryl methyl sites for hydroxylation is 1. The zero-order valence-electron chi connectivity index (χ0n) is 14.4. The molecule has 0 heterocycles. The Morgan fingerprint density at radius 2 is 1.92 bits per heavy atom. The van der Waals surface area contributed by atoms with E-state index in [1.54, 1.807) is 30.3 Å². The Balaban J connectivity index is 2.32. The number of allylic oxidation sites excluding steroid dienone is 1. The van der Waals surface area contributed by atoms with Gasteiger partial charge < -0.3 is 4.74 Å². The number of unbranched alkanes of at least 4 members (excludes halogenated alkanes) is 1. The van der Waals surface area contributed by atoms with E-state index in [1.165, 1.54) is 18.2 Å². The molecule has 2 aromatic rings. The van der Waals surface area contributed by atoms with Crippen LogP contribution in [0.15, 0.2) is 58.3 Å². The van der Waals surface area contributed by atoms with Crippen LogP contribution < -0.4 is 4.74 Å². The van der Waals surface area contributed by atoms with Gasteiger partial charge in [0, 0.05) is 0 Å². The molecule has 0 fully saturated rings. The van der Waals surface area contributed by atoms with Gasteiger partial charge in [-0.25, -0.2) is 8.42 Å². The van der Waals surface area contributed by atoms with Crippen LogP contribution in [0.4, 0.5) is 0 Å². The Kier molecular flexibility index (Phi) is 6.37. The van der Waals surface area contributed by atoms with Crippen LogP contribution >= 0.6 is 0 Å². The molecule has 130 valence electrons. The van der Waals surface area contributed by atoms with Crippen molar-refractivity contribution in [3.8, 4) is 11.8 Å². The van der Waals surface area contributed by atoms with Gasteiger partial charge in [-0.1, -0.05) is 43.2 Å². The van der Waals surface area contributed by atoms with Crippen LogP contribution in [-0.4, -0.2) is 15.0 Å². The van der Waals surface area contributed by atoms with Gasteiger partial charge in [0.1, 0.15) is 16.7 Å². The quantitative estimate of drug-likeness (QED) is 0.541. The first-order valence-electron chi connectivity index (χ1n) is 8.14. The van der Waals surface area contributed by atoms with E-state index in [2.05, 4.69) is 6.92 Å². The van der Waals surface area contributed by atoms with Gasteiger partial charge in [0.05, 0.1) is 11.5 Å². The SMILES string of the molecule is CCCCOc1cccc(C=C(C#N)S(=O)(=O)c2ccc(C)cc2)c1. The third-order valence-electron chi connectivity index (χ3n) is 3.65. The number of benzene rings is 2. The largest absolute Gasteiger partial charge is 0.494 e. The number of ether oxygens (including phenoxy) is 1. The third kappa shape index (κ3) is 4.94. The van der Waals surface area contributed by atoms with Crippen molar-refractivity contribution in [3.05, 3.63) is 64.6 Å². The molecule has 0 unspecified atom stereocenters. The second-order valence-corrected chi connectivity index (χ2v) is 7.63. The molecular weight excluding hydrogens is 334 g/mol. The van der Waals surface area contributed by atoms with Crippen molar-refractivity contribution in [1.82, 2.24) is 0 Å². The maximum Gasteiger partial charge on any atom is 0.216 e. The lowest BCUT2D eigenvalue weighted by molar-refractivity contribution is 0.309. The Bertz CT molecular complexity index is 891. The van der Waals surface area contributed by atoms with Gasteiger partial charge in [-0.15, -0.1) is 0 Å². The van der Waals surface area contributed by atoms with Crippen LogP contribution in [0.5, 0.6) is 5.75 Å². The zero-order chi connectivity index (χ0) is 18.3. The Labute approximate surface area is 149 Å². The minimum absolute atomic E-state index is 0.112. The summed E-state index contributed by atoms with van der Waals surface area (Å²) in [6, 6.07) is 15.3. The normalized spacial score (nSPS) is 11.8. The highest BCUT2D eigenvalue weighted by Crippen LogP contribution is 2.23. The summed E-state index contributed by atoms with van der Waals surface area (Å²) in [6.07, 6.45) is 3.36. The molecule has 4 nitrogen and oxygen atoms in total. The summed E-state index contributed by atoms with van der Waals surface area (Å²) in [6.45, 7) is 4.57. The minimum atomic E-state index is -3.84. The number of hydrogen-bond donors (Lipinski definition) is 0. The number of hydrogen-bond acceptors (Lipinski definition) is 4. The summed E-state index contributed by atoms with van der Waals surface area (Å²) in [7, 11) is -3.84. The number of nitrogens with zero attached hydrogens (tertiary/aromatic N) is 1. The molecule has 0 amide bonds. The van der Waals surface area contributed by atoms with E-state index in [-0.39, 0.29) is 9.80 Å². The third-order valence-corrected chi connectivity index (χ3v) is 5.33. The molecule has 0 bridgehead atoms. The highest BCUT2D eigenvalue weighted by molar-refractivity contribution is 7.95. The fourth-order valence-electron chi connectivity index (χ4n) is 2.19. The molecule has 0 saturated carbocycles. The second-order valence-electron chi connectivity index (χ2n) is 5.71. The van der Waals surface area contributed by atoms with Gasteiger partial charge in [0.15, 0.2) is 0 Å². The van der Waals surface area contributed by atoms with E-state index in [0.29, 0.717) is 17.9 Å². The smallest absolute Gasteiger partial charge is 0.216 e. The van der Waals surface area contributed by atoms with Crippen LogP contribution in [0, 0.1) is 18.3 Å². The predicted octanol–water partition coefficient (Wildman–Crippen LogP) is 4.51. The topological polar surface area (TPSA) is 67.2 Å². The zero-order valence-corrected chi connectivity index (χ0v) is 15.2. The van der Waals surface area contributed by atoms with Crippen LogP contribution in [0.3, 0.4) is 0 Å². The second kappa shape index (κ2) is 8.50. The molecule has 0 N–H and O–H groups in total. The average molecular weight is 355 g/mol. The summed E-state index contributed by atoms with van der Waals surface area (Å²) in [4.78, 5) is -0.177. The lowest BCUT2D eigenvalue weighted by atomic mass is 10.2. The van der Waals surface area contributed by atoms with Gasteiger partial charge in [0.25, 0.3) is 0 Å². The number of nitriles is 1. The van der Waals surface area contributed by atoms with Crippen molar-refractivity contribution < 1.29 is 13.2 Å². The molecule has 2 rings (SSSR count). The first kappa shape index (κ1) is 18.8. The van der Waals surface area contributed by atoms with Gasteiger partial charge in [0.2, 0.25) is 9.84 Å². The van der Waals surface area contributed by atoms with Crippen LogP contribution in [-0.2, 0) is 9.84 Å². The van der Waals surface area contributed by atoms with Crippen molar-refractivity contribution in [2.45, 2.75) is 31.6 Å². The number of rotatable bonds is 7. The summed E-state index contributed by atoms with van der Waals surface area (Å²) < 4.78 is 30.9. The highest BCUT2D eigenvalue weighted by atomic mass is 32.2. The predicted molar refractivity (Wildman–Crippen MR) is 98.8 cm³/mol. The van der Waals surface area contributed by atoms with E-state index in [1.807, 2.05) is 19.1 Å². The van der Waals surface area contributed by atoms with Crippen molar-refractivity contribution >= 4 is 15.9 Å². The molecule has 0 aromatic heterocycles. The van der Waals surface area contributed by atoms with Gasteiger partial charge in [-0.2, -0.15) is 5.26 Å². The Hall–Kier alpha value is -2.58. The van der Waals surface area contributed by atoms with Crippen molar-refractivity contribution in [1.29, 1.82) is 5.26 Å². The van der Waals surface area contributed by atoms with Crippen molar-refractivity contribution in [2.24, 2.45) is 0 Å². The van der Waals surface area contributed by atoms with E-state index in [4.69, 9.17) is 4.74 Å². The molecule has 0 aliphatic heterocycles. The van der Waals surface area contributed by atoms with E-state index >= 15 is 0 Å². The fraction of sp³-hybridized carbons (Fsp3) is 0.250. The molecule has 0 spiro atoms. The summed E-state index contributed by atoms with van der Waals surface area (Å²) in [5, 5.41) is 9.35. The van der Waals surface area contributed by atoms with E-state index in [9.17, 15) is 13.7 Å². The molecular formula is C20H21NO3S.